The number of carbonyl (C=O) groups is 1. The summed E-state index contributed by atoms with van der Waals surface area (Å²) in [5.41, 5.74) is 2.57. The molecule has 0 saturated carbocycles. The number of furan rings is 1. The lowest BCUT2D eigenvalue weighted by atomic mass is 10.2. The summed E-state index contributed by atoms with van der Waals surface area (Å²) in [7, 11) is 0. The molecule has 0 radical (unpaired) electrons. The second-order valence-electron chi connectivity index (χ2n) is 3.98. The van der Waals surface area contributed by atoms with Gasteiger partial charge in [-0.2, -0.15) is 11.8 Å². The van der Waals surface area contributed by atoms with E-state index in [-0.39, 0.29) is 5.91 Å². The molecule has 0 unspecified atom stereocenters. The Balaban J connectivity index is 1.72. The van der Waals surface area contributed by atoms with Crippen molar-refractivity contribution in [2.75, 3.05) is 12.4 Å². The standard InChI is InChI=1S/C14H16N2O3S/c15-16-14(17)11-3-1-4-12(9-11)19-7-8-20-10-13-5-2-6-18-13/h1-6,9H,7-8,10,15H2,(H,16,17). The van der Waals surface area contributed by atoms with Gasteiger partial charge in [0.25, 0.3) is 5.91 Å². The van der Waals surface area contributed by atoms with Crippen molar-refractivity contribution in [3.05, 3.63) is 54.0 Å². The SMILES string of the molecule is NNC(=O)c1cccc(OCCSCc2ccco2)c1. The molecule has 1 heterocycles. The second-order valence-corrected chi connectivity index (χ2v) is 5.09. The fourth-order valence-electron chi connectivity index (χ4n) is 1.60. The van der Waals surface area contributed by atoms with Crippen LogP contribution in [-0.4, -0.2) is 18.3 Å². The summed E-state index contributed by atoms with van der Waals surface area (Å²) in [5, 5.41) is 0. The summed E-state index contributed by atoms with van der Waals surface area (Å²) in [6.07, 6.45) is 1.67. The Morgan fingerprint density at radius 3 is 3.00 bits per heavy atom. The van der Waals surface area contributed by atoms with Crippen molar-refractivity contribution in [2.45, 2.75) is 5.75 Å². The maximum Gasteiger partial charge on any atom is 0.265 e. The number of ether oxygens (including phenoxy) is 1. The van der Waals surface area contributed by atoms with Crippen LogP contribution in [0.4, 0.5) is 0 Å². The van der Waals surface area contributed by atoms with E-state index < -0.39 is 0 Å². The number of carbonyl (C=O) groups excluding carboxylic acids is 1. The van der Waals surface area contributed by atoms with Crippen LogP contribution in [0.25, 0.3) is 0 Å². The minimum Gasteiger partial charge on any atom is -0.493 e. The van der Waals surface area contributed by atoms with E-state index in [2.05, 4.69) is 5.43 Å². The van der Waals surface area contributed by atoms with E-state index in [0.29, 0.717) is 17.9 Å². The number of benzene rings is 1. The molecule has 0 atom stereocenters. The first-order valence-corrected chi connectivity index (χ1v) is 7.29. The molecule has 2 rings (SSSR count). The molecule has 0 fully saturated rings. The van der Waals surface area contributed by atoms with Gasteiger partial charge < -0.3 is 9.15 Å². The van der Waals surface area contributed by atoms with Gasteiger partial charge in [0.15, 0.2) is 0 Å². The van der Waals surface area contributed by atoms with Crippen molar-refractivity contribution in [1.29, 1.82) is 0 Å². The van der Waals surface area contributed by atoms with Crippen LogP contribution in [0, 0.1) is 0 Å². The smallest absolute Gasteiger partial charge is 0.265 e. The van der Waals surface area contributed by atoms with Crippen molar-refractivity contribution in [3.63, 3.8) is 0 Å². The van der Waals surface area contributed by atoms with Gasteiger partial charge in [-0.1, -0.05) is 6.07 Å². The summed E-state index contributed by atoms with van der Waals surface area (Å²) >= 11 is 1.73. The Labute approximate surface area is 121 Å². The molecule has 0 aliphatic rings. The molecule has 20 heavy (non-hydrogen) atoms. The first kappa shape index (κ1) is 14.5. The fourth-order valence-corrected chi connectivity index (χ4v) is 2.31. The van der Waals surface area contributed by atoms with Crippen LogP contribution in [0.1, 0.15) is 16.1 Å². The number of nitrogens with one attached hydrogen (secondary N) is 1. The first-order valence-electron chi connectivity index (χ1n) is 6.13. The Kier molecular flexibility index (Phi) is 5.52. The molecule has 106 valence electrons. The van der Waals surface area contributed by atoms with Crippen LogP contribution in [0.5, 0.6) is 5.75 Å². The monoisotopic (exact) mass is 292 g/mol. The van der Waals surface area contributed by atoms with E-state index in [9.17, 15) is 4.79 Å². The van der Waals surface area contributed by atoms with E-state index in [1.165, 1.54) is 0 Å². The lowest BCUT2D eigenvalue weighted by molar-refractivity contribution is 0.0953. The van der Waals surface area contributed by atoms with E-state index in [1.54, 1.807) is 36.2 Å². The van der Waals surface area contributed by atoms with Crippen LogP contribution in [0.2, 0.25) is 0 Å². The molecule has 0 saturated heterocycles. The van der Waals surface area contributed by atoms with Crippen LogP contribution in [0.3, 0.4) is 0 Å². The number of nitrogens with two attached hydrogens (primary N) is 1. The normalized spacial score (nSPS) is 10.2. The third-order valence-corrected chi connectivity index (χ3v) is 3.49. The average molecular weight is 292 g/mol. The lowest BCUT2D eigenvalue weighted by Gasteiger charge is -2.07. The molecular weight excluding hydrogens is 276 g/mol. The molecule has 1 aromatic carbocycles. The largest absolute Gasteiger partial charge is 0.493 e. The molecule has 0 bridgehead atoms. The highest BCUT2D eigenvalue weighted by atomic mass is 32.2. The number of nitrogen functional groups attached to an aromatic ring is 1. The van der Waals surface area contributed by atoms with Gasteiger partial charge in [0.2, 0.25) is 0 Å². The molecule has 0 aliphatic heterocycles. The minimum atomic E-state index is -0.331. The molecule has 2 aromatic rings. The summed E-state index contributed by atoms with van der Waals surface area (Å²) in [6, 6.07) is 10.7. The molecule has 0 spiro atoms. The number of thioether (sulfide) groups is 1. The van der Waals surface area contributed by atoms with Gasteiger partial charge in [-0.15, -0.1) is 0 Å². The quantitative estimate of drug-likeness (QED) is 0.354. The van der Waals surface area contributed by atoms with E-state index >= 15 is 0 Å². The second kappa shape index (κ2) is 7.62. The zero-order valence-corrected chi connectivity index (χ0v) is 11.7. The van der Waals surface area contributed by atoms with Gasteiger partial charge in [0.05, 0.1) is 18.6 Å². The Morgan fingerprint density at radius 1 is 1.35 bits per heavy atom. The number of hydrogen-bond acceptors (Lipinski definition) is 5. The van der Waals surface area contributed by atoms with Gasteiger partial charge in [-0.25, -0.2) is 5.84 Å². The predicted molar refractivity (Wildman–Crippen MR) is 78.5 cm³/mol. The molecular formula is C14H16N2O3S. The van der Waals surface area contributed by atoms with Crippen LogP contribution in [0.15, 0.2) is 47.1 Å². The van der Waals surface area contributed by atoms with Crippen molar-refractivity contribution >= 4 is 17.7 Å². The van der Waals surface area contributed by atoms with E-state index in [1.807, 2.05) is 18.2 Å². The van der Waals surface area contributed by atoms with Crippen molar-refractivity contribution in [2.24, 2.45) is 5.84 Å². The summed E-state index contributed by atoms with van der Waals surface area (Å²) in [6.45, 7) is 0.569. The Hall–Kier alpha value is -1.92. The van der Waals surface area contributed by atoms with Crippen molar-refractivity contribution < 1.29 is 13.9 Å². The lowest BCUT2D eigenvalue weighted by Crippen LogP contribution is -2.29. The van der Waals surface area contributed by atoms with Gasteiger partial charge >= 0.3 is 0 Å². The van der Waals surface area contributed by atoms with Gasteiger partial charge in [0, 0.05) is 11.3 Å². The number of hydrogen-bond donors (Lipinski definition) is 2. The molecule has 0 aliphatic carbocycles. The first-order chi connectivity index (χ1) is 9.79. The molecule has 5 nitrogen and oxygen atoms in total. The zero-order chi connectivity index (χ0) is 14.2. The van der Waals surface area contributed by atoms with Crippen LogP contribution < -0.4 is 16.0 Å². The minimum absolute atomic E-state index is 0.331. The summed E-state index contributed by atoms with van der Waals surface area (Å²) < 4.78 is 10.8. The highest BCUT2D eigenvalue weighted by Gasteiger charge is 2.04. The topological polar surface area (TPSA) is 77.5 Å². The third-order valence-electron chi connectivity index (χ3n) is 2.55. The van der Waals surface area contributed by atoms with Gasteiger partial charge in [-0.05, 0) is 30.3 Å². The third kappa shape index (κ3) is 4.32. The zero-order valence-electron chi connectivity index (χ0n) is 10.9. The predicted octanol–water partition coefficient (Wildman–Crippen LogP) is 2.20. The maximum atomic E-state index is 11.4. The number of hydrazine groups is 1. The Morgan fingerprint density at radius 2 is 2.25 bits per heavy atom. The fraction of sp³-hybridized carbons (Fsp3) is 0.214. The summed E-state index contributed by atoms with van der Waals surface area (Å²) in [4.78, 5) is 11.4. The molecule has 1 aromatic heterocycles. The van der Waals surface area contributed by atoms with Crippen molar-refractivity contribution in [3.8, 4) is 5.75 Å². The van der Waals surface area contributed by atoms with Crippen LogP contribution in [-0.2, 0) is 5.75 Å². The highest BCUT2D eigenvalue weighted by molar-refractivity contribution is 7.98. The summed E-state index contributed by atoms with van der Waals surface area (Å²) in [5.74, 6) is 8.04. The molecule has 3 N–H and O–H groups in total. The Bertz CT molecular complexity index is 543. The molecule has 1 amide bonds. The van der Waals surface area contributed by atoms with Crippen LogP contribution >= 0.6 is 11.8 Å². The van der Waals surface area contributed by atoms with Gasteiger partial charge in [-0.3, -0.25) is 10.2 Å². The highest BCUT2D eigenvalue weighted by Crippen LogP contribution is 2.15. The average Bonchev–Trinajstić information content (AvgIpc) is 2.99. The number of amides is 1. The number of rotatable bonds is 7. The molecule has 6 heteroatoms. The maximum absolute atomic E-state index is 11.4. The van der Waals surface area contributed by atoms with Gasteiger partial charge in [0.1, 0.15) is 11.5 Å². The van der Waals surface area contributed by atoms with E-state index in [4.69, 9.17) is 15.0 Å². The van der Waals surface area contributed by atoms with E-state index in [0.717, 1.165) is 17.3 Å². The van der Waals surface area contributed by atoms with Crippen molar-refractivity contribution in [1.82, 2.24) is 5.43 Å².